The van der Waals surface area contributed by atoms with Crippen molar-refractivity contribution in [3.63, 3.8) is 0 Å². The van der Waals surface area contributed by atoms with Crippen molar-refractivity contribution in [1.29, 1.82) is 0 Å². The first kappa shape index (κ1) is 26.9. The summed E-state index contributed by atoms with van der Waals surface area (Å²) < 4.78 is 23.2. The van der Waals surface area contributed by atoms with E-state index in [1.807, 2.05) is 78.4 Å². The van der Waals surface area contributed by atoms with Crippen LogP contribution >= 0.6 is 22.7 Å². The summed E-state index contributed by atoms with van der Waals surface area (Å²) in [6.45, 7) is 5.91. The van der Waals surface area contributed by atoms with Gasteiger partial charge in [0.25, 0.3) is 5.56 Å². The topological polar surface area (TPSA) is 65.6 Å². The Hall–Kier alpha value is -4.34. The van der Waals surface area contributed by atoms with Crippen LogP contribution < -0.4 is 14.9 Å². The number of benzene rings is 2. The van der Waals surface area contributed by atoms with Gasteiger partial charge in [-0.3, -0.25) is 9.36 Å². The number of rotatable bonds is 6. The van der Waals surface area contributed by atoms with Crippen molar-refractivity contribution < 1.29 is 13.9 Å². The van der Waals surface area contributed by atoms with E-state index in [0.717, 1.165) is 33.1 Å². The summed E-state index contributed by atoms with van der Waals surface area (Å²) in [5.74, 6) is -0.791. The first-order valence-electron chi connectivity index (χ1n) is 13.1. The van der Waals surface area contributed by atoms with Gasteiger partial charge < -0.3 is 9.30 Å². The molecule has 4 heterocycles. The number of nitrogens with zero attached hydrogens (tertiary/aromatic N) is 3. The van der Waals surface area contributed by atoms with Crippen LogP contribution in [0.15, 0.2) is 93.5 Å². The largest absolute Gasteiger partial charge is 0.463 e. The molecule has 6 rings (SSSR count). The minimum atomic E-state index is -0.672. The maximum Gasteiger partial charge on any atom is 0.338 e. The molecule has 0 spiro atoms. The number of thiazole rings is 1. The van der Waals surface area contributed by atoms with Crippen LogP contribution in [0.3, 0.4) is 0 Å². The van der Waals surface area contributed by atoms with Crippen molar-refractivity contribution in [2.75, 3.05) is 6.61 Å². The van der Waals surface area contributed by atoms with Crippen LogP contribution in [0.4, 0.5) is 4.39 Å². The Morgan fingerprint density at radius 3 is 2.51 bits per heavy atom. The van der Waals surface area contributed by atoms with E-state index >= 15 is 0 Å². The van der Waals surface area contributed by atoms with Gasteiger partial charge in [-0.05, 0) is 74.2 Å². The molecule has 0 aliphatic carbocycles. The molecule has 6 nitrogen and oxygen atoms in total. The number of ether oxygens (including phenoxy) is 1. The third-order valence-electron chi connectivity index (χ3n) is 7.03. The first-order chi connectivity index (χ1) is 19.9. The van der Waals surface area contributed by atoms with E-state index < -0.39 is 12.0 Å². The molecular weight excluding hydrogens is 558 g/mol. The van der Waals surface area contributed by atoms with Gasteiger partial charge in [0.2, 0.25) is 0 Å². The standard InChI is InChI=1S/C32H26FN3O3S2/c1-4-39-31(38)27-28(21-9-6-5-7-10-21)34-32-36(29(27)25-11-8-16-40-25)30(37)26(41-32)18-22-17-19(2)35(20(22)3)24-14-12-23(33)13-15-24/h5-18,29H,4H2,1-3H3. The van der Waals surface area contributed by atoms with Crippen LogP contribution in [0, 0.1) is 19.7 Å². The summed E-state index contributed by atoms with van der Waals surface area (Å²) in [7, 11) is 0. The van der Waals surface area contributed by atoms with E-state index in [0.29, 0.717) is 20.6 Å². The molecular formula is C32H26FN3O3S2. The van der Waals surface area contributed by atoms with Gasteiger partial charge in [-0.1, -0.05) is 47.7 Å². The smallest absolute Gasteiger partial charge is 0.338 e. The van der Waals surface area contributed by atoms with Crippen molar-refractivity contribution in [2.45, 2.75) is 26.8 Å². The molecule has 0 N–H and O–H groups in total. The lowest BCUT2D eigenvalue weighted by Crippen LogP contribution is -2.39. The molecule has 1 unspecified atom stereocenters. The Balaban J connectivity index is 1.58. The molecule has 1 aliphatic rings. The quantitative estimate of drug-likeness (QED) is 0.247. The molecule has 1 atom stereocenters. The number of halogens is 1. The number of thiophene rings is 1. The summed E-state index contributed by atoms with van der Waals surface area (Å²) in [6.07, 6.45) is 1.87. The third kappa shape index (κ3) is 4.81. The Kier molecular flexibility index (Phi) is 7.15. The monoisotopic (exact) mass is 583 g/mol. The van der Waals surface area contributed by atoms with Gasteiger partial charge in [0.05, 0.1) is 22.4 Å². The Labute approximate surface area is 243 Å². The van der Waals surface area contributed by atoms with Gasteiger partial charge in [0.15, 0.2) is 4.80 Å². The highest BCUT2D eigenvalue weighted by Crippen LogP contribution is 2.36. The molecule has 0 bridgehead atoms. The van der Waals surface area contributed by atoms with E-state index in [2.05, 4.69) is 0 Å². The maximum atomic E-state index is 14.1. The van der Waals surface area contributed by atoms with E-state index in [4.69, 9.17) is 9.73 Å². The molecule has 0 radical (unpaired) electrons. The van der Waals surface area contributed by atoms with E-state index in [9.17, 15) is 14.0 Å². The second-order valence-corrected chi connectivity index (χ2v) is 11.6. The molecule has 206 valence electrons. The fourth-order valence-corrected chi connectivity index (χ4v) is 7.03. The van der Waals surface area contributed by atoms with Crippen LogP contribution in [0.2, 0.25) is 0 Å². The highest BCUT2D eigenvalue weighted by molar-refractivity contribution is 7.10. The van der Waals surface area contributed by atoms with E-state index in [1.54, 1.807) is 23.6 Å². The van der Waals surface area contributed by atoms with Crippen LogP contribution in [0.5, 0.6) is 0 Å². The van der Waals surface area contributed by atoms with Crippen LogP contribution in [0.1, 0.15) is 40.4 Å². The molecule has 9 heteroatoms. The maximum absolute atomic E-state index is 14.1. The van der Waals surface area contributed by atoms with Crippen molar-refractivity contribution >= 4 is 40.4 Å². The number of carbonyl (C=O) groups is 1. The predicted molar refractivity (Wildman–Crippen MR) is 161 cm³/mol. The zero-order valence-corrected chi connectivity index (χ0v) is 24.3. The summed E-state index contributed by atoms with van der Waals surface area (Å²) >= 11 is 2.77. The molecule has 0 fully saturated rings. The van der Waals surface area contributed by atoms with Crippen LogP contribution in [0.25, 0.3) is 17.5 Å². The lowest BCUT2D eigenvalue weighted by atomic mass is 9.97. The summed E-state index contributed by atoms with van der Waals surface area (Å²) in [5.41, 5.74) is 4.99. The number of carbonyl (C=O) groups excluding carboxylic acids is 1. The Morgan fingerprint density at radius 2 is 1.83 bits per heavy atom. The van der Waals surface area contributed by atoms with Gasteiger partial charge >= 0.3 is 5.97 Å². The van der Waals surface area contributed by atoms with Crippen LogP contribution in [-0.4, -0.2) is 21.7 Å². The highest BCUT2D eigenvalue weighted by Gasteiger charge is 2.35. The molecule has 1 aliphatic heterocycles. The Bertz CT molecular complexity index is 1970. The SMILES string of the molecule is CCOC(=O)C1=C(c2ccccc2)N=c2sc(=Cc3cc(C)n(-c4ccc(F)cc4)c3C)c(=O)n2C1c1cccs1. The molecule has 0 saturated heterocycles. The lowest BCUT2D eigenvalue weighted by Gasteiger charge is -2.24. The summed E-state index contributed by atoms with van der Waals surface area (Å²) in [4.78, 5) is 33.8. The normalized spacial score (nSPS) is 15.1. The zero-order valence-electron chi connectivity index (χ0n) is 22.6. The minimum absolute atomic E-state index is 0.204. The number of aryl methyl sites for hydroxylation is 1. The van der Waals surface area contributed by atoms with Crippen molar-refractivity contribution in [3.05, 3.63) is 137 Å². The van der Waals surface area contributed by atoms with E-state index in [-0.39, 0.29) is 18.0 Å². The van der Waals surface area contributed by atoms with Crippen LogP contribution in [-0.2, 0) is 9.53 Å². The molecule has 5 aromatic rings. The number of hydrogen-bond donors (Lipinski definition) is 0. The van der Waals surface area contributed by atoms with Crippen molar-refractivity contribution in [2.24, 2.45) is 4.99 Å². The molecule has 3 aromatic heterocycles. The molecule has 0 saturated carbocycles. The molecule has 2 aromatic carbocycles. The number of fused-ring (bicyclic) bond motifs is 1. The van der Waals surface area contributed by atoms with Gasteiger partial charge in [-0.2, -0.15) is 0 Å². The van der Waals surface area contributed by atoms with Gasteiger partial charge in [-0.15, -0.1) is 11.3 Å². The van der Waals surface area contributed by atoms with Crippen molar-refractivity contribution in [3.8, 4) is 5.69 Å². The second kappa shape index (κ2) is 10.9. The summed E-state index contributed by atoms with van der Waals surface area (Å²) in [5, 5.41) is 1.93. The minimum Gasteiger partial charge on any atom is -0.463 e. The first-order valence-corrected chi connectivity index (χ1v) is 14.8. The van der Waals surface area contributed by atoms with Gasteiger partial charge in [0.1, 0.15) is 11.9 Å². The van der Waals surface area contributed by atoms with Crippen molar-refractivity contribution in [1.82, 2.24) is 9.13 Å². The number of aromatic nitrogens is 2. The number of hydrogen-bond acceptors (Lipinski definition) is 6. The van der Waals surface area contributed by atoms with E-state index in [1.165, 1.54) is 34.8 Å². The summed E-state index contributed by atoms with van der Waals surface area (Å²) in [6, 6.07) is 21.0. The fourth-order valence-electron chi connectivity index (χ4n) is 5.22. The average Bonchev–Trinajstić information content (AvgIpc) is 3.68. The lowest BCUT2D eigenvalue weighted by molar-refractivity contribution is -0.138. The fraction of sp³-hybridized carbons (Fsp3) is 0.156. The highest BCUT2D eigenvalue weighted by atomic mass is 32.1. The zero-order chi connectivity index (χ0) is 28.7. The third-order valence-corrected chi connectivity index (χ3v) is 8.94. The predicted octanol–water partition coefficient (Wildman–Crippen LogP) is 5.54. The average molecular weight is 584 g/mol. The second-order valence-electron chi connectivity index (χ2n) is 9.59. The molecule has 0 amide bonds. The number of esters is 1. The Morgan fingerprint density at radius 1 is 1.07 bits per heavy atom. The van der Waals surface area contributed by atoms with Gasteiger partial charge in [0, 0.05) is 27.5 Å². The molecule has 41 heavy (non-hydrogen) atoms. The van der Waals surface area contributed by atoms with Gasteiger partial charge in [-0.25, -0.2) is 14.2 Å².